The van der Waals surface area contributed by atoms with Gasteiger partial charge in [-0.15, -0.1) is 0 Å². The average Bonchev–Trinajstić information content (AvgIpc) is 2.10. The summed E-state index contributed by atoms with van der Waals surface area (Å²) in [6.45, 7) is 6.59. The highest BCUT2D eigenvalue weighted by molar-refractivity contribution is 5.49. The molecule has 0 fully saturated rings. The molecule has 0 saturated heterocycles. The fourth-order valence-electron chi connectivity index (χ4n) is 2.65. The molecule has 0 amide bonds. The molecule has 1 nitrogen and oxygen atoms in total. The average molecular weight is 190 g/mol. The molecule has 0 radical (unpaired) electrons. The van der Waals surface area contributed by atoms with Crippen molar-refractivity contribution in [1.82, 2.24) is 0 Å². The molecule has 1 aromatic rings. The lowest BCUT2D eigenvalue weighted by Crippen LogP contribution is -2.24. The van der Waals surface area contributed by atoms with Crippen LogP contribution < -0.4 is 0 Å². The van der Waals surface area contributed by atoms with E-state index in [1.54, 1.807) is 0 Å². The second kappa shape index (κ2) is 3.01. The first-order valence-corrected chi connectivity index (χ1v) is 5.34. The van der Waals surface area contributed by atoms with Gasteiger partial charge in [0.1, 0.15) is 5.75 Å². The normalized spacial score (nSPS) is 19.1. The summed E-state index contributed by atoms with van der Waals surface area (Å²) in [6.07, 6.45) is 3.54. The van der Waals surface area contributed by atoms with Gasteiger partial charge in [0.05, 0.1) is 0 Å². The van der Waals surface area contributed by atoms with E-state index < -0.39 is 0 Å². The van der Waals surface area contributed by atoms with Crippen LogP contribution in [0.3, 0.4) is 0 Å². The van der Waals surface area contributed by atoms with Gasteiger partial charge in [0.2, 0.25) is 0 Å². The third kappa shape index (κ3) is 1.31. The maximum absolute atomic E-state index is 9.92. The molecule has 2 rings (SSSR count). The zero-order valence-electron chi connectivity index (χ0n) is 9.22. The van der Waals surface area contributed by atoms with Crippen molar-refractivity contribution in [2.45, 2.75) is 45.4 Å². The first kappa shape index (κ1) is 9.57. The highest BCUT2D eigenvalue weighted by atomic mass is 16.3. The van der Waals surface area contributed by atoms with Crippen LogP contribution >= 0.6 is 0 Å². The van der Waals surface area contributed by atoms with Gasteiger partial charge >= 0.3 is 0 Å². The predicted octanol–water partition coefficient (Wildman–Crippen LogP) is 3.31. The molecule has 0 aliphatic heterocycles. The monoisotopic (exact) mass is 190 g/mol. The molecule has 0 heterocycles. The summed E-state index contributed by atoms with van der Waals surface area (Å²) in [7, 11) is 0. The minimum absolute atomic E-state index is 0.143. The first-order chi connectivity index (χ1) is 6.52. The molecule has 0 aromatic heterocycles. The Morgan fingerprint density at radius 1 is 1.29 bits per heavy atom. The summed E-state index contributed by atoms with van der Waals surface area (Å²) in [5.74, 6) is 0.482. The van der Waals surface area contributed by atoms with E-state index in [0.29, 0.717) is 5.75 Å². The Labute approximate surface area is 85.8 Å². The predicted molar refractivity (Wildman–Crippen MR) is 58.8 cm³/mol. The van der Waals surface area contributed by atoms with Gasteiger partial charge in [-0.1, -0.05) is 19.9 Å². The number of fused-ring (bicyclic) bond motifs is 1. The Morgan fingerprint density at radius 2 is 2.00 bits per heavy atom. The number of phenolic OH excluding ortho intramolecular Hbond substituents is 1. The maximum Gasteiger partial charge on any atom is 0.119 e. The summed E-state index contributed by atoms with van der Waals surface area (Å²) < 4.78 is 0. The number of benzene rings is 1. The quantitative estimate of drug-likeness (QED) is 0.665. The van der Waals surface area contributed by atoms with Crippen molar-refractivity contribution in [3.05, 3.63) is 28.8 Å². The van der Waals surface area contributed by atoms with Crippen LogP contribution in [0.25, 0.3) is 0 Å². The molecule has 1 aliphatic carbocycles. The lowest BCUT2D eigenvalue weighted by molar-refractivity contribution is 0.391. The smallest absolute Gasteiger partial charge is 0.119 e. The molecule has 1 aliphatic rings. The van der Waals surface area contributed by atoms with Crippen LogP contribution in [0.1, 0.15) is 43.4 Å². The lowest BCUT2D eigenvalue weighted by Gasteiger charge is -2.34. The van der Waals surface area contributed by atoms with Crippen molar-refractivity contribution in [1.29, 1.82) is 0 Å². The van der Waals surface area contributed by atoms with Gasteiger partial charge in [-0.25, -0.2) is 0 Å². The standard InChI is InChI=1S/C13H18O/c1-9-6-7-11(14)12-10(9)5-4-8-13(12,2)3/h6-7,14H,4-5,8H2,1-3H3. The highest BCUT2D eigenvalue weighted by Crippen LogP contribution is 2.42. The van der Waals surface area contributed by atoms with Crippen LogP contribution in [0.15, 0.2) is 12.1 Å². The van der Waals surface area contributed by atoms with Gasteiger partial charge in [0, 0.05) is 5.56 Å². The van der Waals surface area contributed by atoms with Gasteiger partial charge in [-0.3, -0.25) is 0 Å². The zero-order chi connectivity index (χ0) is 10.3. The largest absolute Gasteiger partial charge is 0.508 e. The SMILES string of the molecule is Cc1ccc(O)c2c1CCCC2(C)C. The van der Waals surface area contributed by atoms with Crippen molar-refractivity contribution in [2.24, 2.45) is 0 Å². The Kier molecular flexibility index (Phi) is 2.06. The minimum Gasteiger partial charge on any atom is -0.508 e. The van der Waals surface area contributed by atoms with E-state index in [9.17, 15) is 5.11 Å². The van der Waals surface area contributed by atoms with Crippen LogP contribution in [-0.2, 0) is 11.8 Å². The molecule has 0 atom stereocenters. The fourth-order valence-corrected chi connectivity index (χ4v) is 2.65. The van der Waals surface area contributed by atoms with Gasteiger partial charge in [-0.2, -0.15) is 0 Å². The minimum atomic E-state index is 0.143. The van der Waals surface area contributed by atoms with Gasteiger partial charge < -0.3 is 5.11 Å². The first-order valence-electron chi connectivity index (χ1n) is 5.34. The van der Waals surface area contributed by atoms with Crippen LogP contribution in [0.5, 0.6) is 5.75 Å². The van der Waals surface area contributed by atoms with Crippen molar-refractivity contribution in [3.63, 3.8) is 0 Å². The molecule has 0 unspecified atom stereocenters. The zero-order valence-corrected chi connectivity index (χ0v) is 9.22. The third-order valence-electron chi connectivity index (χ3n) is 3.43. The van der Waals surface area contributed by atoms with Gasteiger partial charge in [0.25, 0.3) is 0 Å². The maximum atomic E-state index is 9.92. The van der Waals surface area contributed by atoms with E-state index in [1.165, 1.54) is 29.5 Å². The Hall–Kier alpha value is -0.980. The number of phenols is 1. The number of aryl methyl sites for hydroxylation is 1. The van der Waals surface area contributed by atoms with Crippen LogP contribution in [-0.4, -0.2) is 5.11 Å². The Bertz CT molecular complexity index is 364. The molecule has 0 spiro atoms. The Morgan fingerprint density at radius 3 is 2.64 bits per heavy atom. The van der Waals surface area contributed by atoms with Crippen LogP contribution in [0, 0.1) is 6.92 Å². The van der Waals surface area contributed by atoms with E-state index in [-0.39, 0.29) is 5.41 Å². The second-order valence-corrected chi connectivity index (χ2v) is 4.99. The molecule has 76 valence electrons. The van der Waals surface area contributed by atoms with Gasteiger partial charge in [0.15, 0.2) is 0 Å². The third-order valence-corrected chi connectivity index (χ3v) is 3.43. The second-order valence-electron chi connectivity index (χ2n) is 4.99. The van der Waals surface area contributed by atoms with E-state index in [2.05, 4.69) is 20.8 Å². The number of rotatable bonds is 0. The highest BCUT2D eigenvalue weighted by Gasteiger charge is 2.30. The molecular formula is C13H18O. The van der Waals surface area contributed by atoms with Crippen LogP contribution in [0.4, 0.5) is 0 Å². The molecule has 0 bridgehead atoms. The number of hydrogen-bond donors (Lipinski definition) is 1. The summed E-state index contributed by atoms with van der Waals surface area (Å²) >= 11 is 0. The Balaban J connectivity index is 2.67. The van der Waals surface area contributed by atoms with E-state index >= 15 is 0 Å². The van der Waals surface area contributed by atoms with E-state index in [1.807, 2.05) is 12.1 Å². The molecule has 1 N–H and O–H groups in total. The number of hydrogen-bond acceptors (Lipinski definition) is 1. The topological polar surface area (TPSA) is 20.2 Å². The summed E-state index contributed by atoms with van der Waals surface area (Å²) in [5.41, 5.74) is 4.03. The van der Waals surface area contributed by atoms with Crippen molar-refractivity contribution >= 4 is 0 Å². The molecule has 14 heavy (non-hydrogen) atoms. The summed E-state index contributed by atoms with van der Waals surface area (Å²) in [4.78, 5) is 0. The van der Waals surface area contributed by atoms with E-state index in [0.717, 1.165) is 6.42 Å². The fraction of sp³-hybridized carbons (Fsp3) is 0.538. The van der Waals surface area contributed by atoms with Crippen molar-refractivity contribution in [2.75, 3.05) is 0 Å². The molecule has 0 saturated carbocycles. The van der Waals surface area contributed by atoms with Gasteiger partial charge in [-0.05, 0) is 48.8 Å². The van der Waals surface area contributed by atoms with Crippen molar-refractivity contribution < 1.29 is 5.11 Å². The van der Waals surface area contributed by atoms with Crippen LogP contribution in [0.2, 0.25) is 0 Å². The summed E-state index contributed by atoms with van der Waals surface area (Å²) in [6, 6.07) is 3.86. The lowest BCUT2D eigenvalue weighted by atomic mass is 9.71. The van der Waals surface area contributed by atoms with E-state index in [4.69, 9.17) is 0 Å². The molecule has 1 aromatic carbocycles. The number of aromatic hydroxyl groups is 1. The van der Waals surface area contributed by atoms with Crippen molar-refractivity contribution in [3.8, 4) is 5.75 Å². The molecule has 1 heteroatoms. The summed E-state index contributed by atoms with van der Waals surface area (Å²) in [5, 5.41) is 9.92. The molecular weight excluding hydrogens is 172 g/mol.